The first-order valence-electron chi connectivity index (χ1n) is 6.66. The molecule has 21 heavy (non-hydrogen) atoms. The molecule has 1 unspecified atom stereocenters. The number of rotatable bonds is 4. The number of esters is 1. The van der Waals surface area contributed by atoms with Crippen molar-refractivity contribution in [3.63, 3.8) is 0 Å². The molecule has 0 spiro atoms. The molecule has 1 heterocycles. The normalized spacial score (nSPS) is 16.9. The van der Waals surface area contributed by atoms with E-state index in [1.807, 2.05) is 0 Å². The minimum Gasteiger partial charge on any atom is -0.449 e. The summed E-state index contributed by atoms with van der Waals surface area (Å²) in [5, 5.41) is -0.485. The first-order valence-corrected chi connectivity index (χ1v) is 7.57. The average molecular weight is 354 g/mol. The fourth-order valence-corrected chi connectivity index (χ4v) is 2.55. The first-order chi connectivity index (χ1) is 9.84. The Morgan fingerprint density at radius 2 is 1.57 bits per heavy atom. The summed E-state index contributed by atoms with van der Waals surface area (Å²) in [5.41, 5.74) is 0.653. The van der Waals surface area contributed by atoms with E-state index in [1.165, 1.54) is 0 Å². The first kappa shape index (κ1) is 15.7. The average Bonchev–Trinajstić information content (AvgIpc) is 2.64. The molecule has 0 bridgehead atoms. The van der Waals surface area contributed by atoms with Gasteiger partial charge in [0.25, 0.3) is 11.8 Å². The lowest BCUT2D eigenvalue weighted by atomic mass is 10.0. The Morgan fingerprint density at radius 1 is 1.10 bits per heavy atom. The summed E-state index contributed by atoms with van der Waals surface area (Å²) in [5.74, 6) is -1.74. The number of carbonyl (C=O) groups is 3. The number of carbonyl (C=O) groups excluding carboxylic acids is 3. The van der Waals surface area contributed by atoms with Gasteiger partial charge in [0.2, 0.25) is 0 Å². The number of imide groups is 1. The van der Waals surface area contributed by atoms with Crippen molar-refractivity contribution in [2.24, 2.45) is 5.92 Å². The molecule has 0 aliphatic carbocycles. The molecule has 1 aromatic rings. The topological polar surface area (TPSA) is 63.7 Å². The SMILES string of the molecule is CC(Br)OC(=O)[C@@H](C(C)C)N1C(=O)c2ccccc2C1=O. The standard InChI is InChI=1S/C15H16BrNO4/c1-8(2)12(15(20)21-9(3)16)17-13(18)10-6-4-5-7-11(10)14(17)19/h4-9,12H,1-3H3/t9?,12-/m1/s1. The molecule has 0 radical (unpaired) electrons. The smallest absolute Gasteiger partial charge is 0.330 e. The molecule has 2 rings (SSSR count). The number of hydrogen-bond acceptors (Lipinski definition) is 4. The van der Waals surface area contributed by atoms with Gasteiger partial charge in [-0.2, -0.15) is 0 Å². The van der Waals surface area contributed by atoms with Crippen LogP contribution in [0.2, 0.25) is 0 Å². The fourth-order valence-electron chi connectivity index (χ4n) is 2.37. The molecule has 0 fully saturated rings. The third-order valence-corrected chi connectivity index (χ3v) is 3.44. The molecule has 112 valence electrons. The highest BCUT2D eigenvalue weighted by molar-refractivity contribution is 9.09. The third kappa shape index (κ3) is 2.85. The number of benzene rings is 1. The van der Waals surface area contributed by atoms with E-state index in [0.717, 1.165) is 4.90 Å². The highest BCUT2D eigenvalue weighted by Gasteiger charge is 2.44. The maximum absolute atomic E-state index is 12.4. The van der Waals surface area contributed by atoms with Gasteiger partial charge < -0.3 is 4.74 Å². The molecule has 0 aromatic heterocycles. The van der Waals surface area contributed by atoms with Crippen molar-refractivity contribution in [1.82, 2.24) is 4.90 Å². The number of amides is 2. The van der Waals surface area contributed by atoms with Crippen molar-refractivity contribution < 1.29 is 19.1 Å². The summed E-state index contributed by atoms with van der Waals surface area (Å²) in [4.78, 5) is 38.1. The molecule has 5 nitrogen and oxygen atoms in total. The highest BCUT2D eigenvalue weighted by atomic mass is 79.9. The largest absolute Gasteiger partial charge is 0.449 e. The second-order valence-corrected chi connectivity index (χ2v) is 6.48. The van der Waals surface area contributed by atoms with Gasteiger partial charge in [0.15, 0.2) is 5.01 Å². The summed E-state index contributed by atoms with van der Waals surface area (Å²) in [7, 11) is 0. The van der Waals surface area contributed by atoms with E-state index in [0.29, 0.717) is 11.1 Å². The van der Waals surface area contributed by atoms with Crippen molar-refractivity contribution in [2.75, 3.05) is 0 Å². The Balaban J connectivity index is 2.38. The summed E-state index contributed by atoms with van der Waals surface area (Å²) in [6.45, 7) is 5.19. The van der Waals surface area contributed by atoms with Gasteiger partial charge in [-0.3, -0.25) is 14.5 Å². The van der Waals surface area contributed by atoms with Gasteiger partial charge in [-0.1, -0.05) is 26.0 Å². The number of nitrogens with zero attached hydrogens (tertiary/aromatic N) is 1. The summed E-state index contributed by atoms with van der Waals surface area (Å²) >= 11 is 3.13. The number of halogens is 1. The Kier molecular flexibility index (Phi) is 4.46. The van der Waals surface area contributed by atoms with Crippen LogP contribution in [-0.4, -0.2) is 33.7 Å². The molecule has 1 aromatic carbocycles. The molecular formula is C15H16BrNO4. The Labute approximate surface area is 131 Å². The van der Waals surface area contributed by atoms with E-state index in [4.69, 9.17) is 4.74 Å². The summed E-state index contributed by atoms with van der Waals surface area (Å²) < 4.78 is 5.11. The fraction of sp³-hybridized carbons (Fsp3) is 0.400. The molecule has 0 N–H and O–H groups in total. The summed E-state index contributed by atoms with van der Waals surface area (Å²) in [6, 6.07) is 5.63. The van der Waals surface area contributed by atoms with E-state index >= 15 is 0 Å². The quantitative estimate of drug-likeness (QED) is 0.474. The predicted octanol–water partition coefficient (Wildman–Crippen LogP) is 2.59. The third-order valence-electron chi connectivity index (χ3n) is 3.26. The zero-order chi connectivity index (χ0) is 15.7. The van der Waals surface area contributed by atoms with Crippen LogP contribution in [-0.2, 0) is 9.53 Å². The Bertz CT molecular complexity index is 562. The second kappa shape index (κ2) is 5.97. The minimum atomic E-state index is -0.933. The van der Waals surface area contributed by atoms with E-state index in [2.05, 4.69) is 15.9 Å². The monoisotopic (exact) mass is 353 g/mol. The number of hydrogen-bond donors (Lipinski definition) is 0. The van der Waals surface area contributed by atoms with Crippen molar-refractivity contribution in [1.29, 1.82) is 0 Å². The predicted molar refractivity (Wildman–Crippen MR) is 80.0 cm³/mol. The molecule has 6 heteroatoms. The van der Waals surface area contributed by atoms with Gasteiger partial charge in [-0.05, 0) is 40.9 Å². The van der Waals surface area contributed by atoms with Gasteiger partial charge in [-0.25, -0.2) is 4.79 Å². The van der Waals surface area contributed by atoms with E-state index in [9.17, 15) is 14.4 Å². The van der Waals surface area contributed by atoms with Crippen LogP contribution >= 0.6 is 15.9 Å². The lowest BCUT2D eigenvalue weighted by Gasteiger charge is -2.27. The van der Waals surface area contributed by atoms with Crippen molar-refractivity contribution >= 4 is 33.7 Å². The van der Waals surface area contributed by atoms with E-state index in [1.54, 1.807) is 45.0 Å². The second-order valence-electron chi connectivity index (χ2n) is 5.19. The maximum atomic E-state index is 12.4. The Morgan fingerprint density at radius 3 is 1.95 bits per heavy atom. The molecule has 2 atom stereocenters. The zero-order valence-electron chi connectivity index (χ0n) is 12.0. The summed E-state index contributed by atoms with van der Waals surface area (Å²) in [6.07, 6.45) is 0. The zero-order valence-corrected chi connectivity index (χ0v) is 13.6. The van der Waals surface area contributed by atoms with Crippen molar-refractivity contribution in [3.05, 3.63) is 35.4 Å². The van der Waals surface area contributed by atoms with Gasteiger partial charge in [0.1, 0.15) is 6.04 Å². The van der Waals surface area contributed by atoms with Gasteiger partial charge >= 0.3 is 5.97 Å². The van der Waals surface area contributed by atoms with E-state index < -0.39 is 28.8 Å². The molecule has 1 aliphatic heterocycles. The lowest BCUT2D eigenvalue weighted by molar-refractivity contribution is -0.150. The van der Waals surface area contributed by atoms with Crippen LogP contribution in [0.25, 0.3) is 0 Å². The number of alkyl halides is 1. The van der Waals surface area contributed by atoms with Crippen LogP contribution in [0, 0.1) is 5.92 Å². The van der Waals surface area contributed by atoms with E-state index in [-0.39, 0.29) is 5.92 Å². The number of fused-ring (bicyclic) bond motifs is 1. The van der Waals surface area contributed by atoms with Crippen LogP contribution in [0.1, 0.15) is 41.5 Å². The minimum absolute atomic E-state index is 0.244. The van der Waals surface area contributed by atoms with Crippen LogP contribution in [0.3, 0.4) is 0 Å². The molecule has 0 saturated heterocycles. The van der Waals surface area contributed by atoms with Crippen LogP contribution in [0.15, 0.2) is 24.3 Å². The van der Waals surface area contributed by atoms with Gasteiger partial charge in [-0.15, -0.1) is 0 Å². The molecular weight excluding hydrogens is 338 g/mol. The Hall–Kier alpha value is -1.69. The van der Waals surface area contributed by atoms with Crippen LogP contribution in [0.4, 0.5) is 0 Å². The highest BCUT2D eigenvalue weighted by Crippen LogP contribution is 2.28. The van der Waals surface area contributed by atoms with Crippen LogP contribution < -0.4 is 0 Å². The van der Waals surface area contributed by atoms with Crippen LogP contribution in [0.5, 0.6) is 0 Å². The number of ether oxygens (including phenoxy) is 1. The lowest BCUT2D eigenvalue weighted by Crippen LogP contribution is -2.49. The molecule has 1 aliphatic rings. The van der Waals surface area contributed by atoms with Gasteiger partial charge in [0.05, 0.1) is 11.1 Å². The maximum Gasteiger partial charge on any atom is 0.330 e. The van der Waals surface area contributed by atoms with Gasteiger partial charge in [0, 0.05) is 0 Å². The molecule has 2 amide bonds. The molecule has 0 saturated carbocycles. The van der Waals surface area contributed by atoms with Crippen molar-refractivity contribution in [3.8, 4) is 0 Å². The van der Waals surface area contributed by atoms with Crippen molar-refractivity contribution in [2.45, 2.75) is 31.8 Å².